The third-order valence-corrected chi connectivity index (χ3v) is 18.5. The van der Waals surface area contributed by atoms with E-state index in [1.807, 2.05) is 53.0 Å². The molecule has 81 heavy (non-hydrogen) atoms. The van der Waals surface area contributed by atoms with Crippen LogP contribution in [0, 0.1) is 29.6 Å². The molecule has 3 fully saturated rings. The summed E-state index contributed by atoms with van der Waals surface area (Å²) in [5, 5.41) is 4.51. The summed E-state index contributed by atoms with van der Waals surface area (Å²) in [6, 6.07) is 16.2. The molecule has 6 aromatic rings. The van der Waals surface area contributed by atoms with Gasteiger partial charge in [0, 0.05) is 47.0 Å². The Bertz CT molecular complexity index is 2340. The molecule has 8 nitrogen and oxygen atoms in total. The molecule has 2 N–H and O–H groups in total. The van der Waals surface area contributed by atoms with E-state index in [1.54, 1.807) is 16.2 Å². The van der Waals surface area contributed by atoms with Gasteiger partial charge in [-0.1, -0.05) is 192 Å². The van der Waals surface area contributed by atoms with Gasteiger partial charge in [0.2, 0.25) is 0 Å². The first-order chi connectivity index (χ1) is 38.4. The molecule has 0 bridgehead atoms. The number of thiazole rings is 4. The van der Waals surface area contributed by atoms with Gasteiger partial charge >= 0.3 is 0 Å². The summed E-state index contributed by atoms with van der Waals surface area (Å²) in [4.78, 5) is 28.3. The monoisotopic (exact) mass is 1190 g/mol. The maximum atomic E-state index is 5.50. The molecule has 0 spiro atoms. The lowest BCUT2D eigenvalue weighted by atomic mass is 9.87. The second kappa shape index (κ2) is 42.1. The van der Waals surface area contributed by atoms with Gasteiger partial charge in [0.1, 0.15) is 0 Å². The number of hydrogen-bond acceptors (Lipinski definition) is 12. The molecule has 7 heterocycles. The fraction of sp³-hybridized carbons (Fsp3) is 0.710. The molecule has 1 saturated carbocycles. The highest BCUT2D eigenvalue weighted by Crippen LogP contribution is 2.31. The maximum Gasteiger partial charge on any atom is 0.181 e. The molecule has 12 heteroatoms. The summed E-state index contributed by atoms with van der Waals surface area (Å²) < 4.78 is 2.45. The van der Waals surface area contributed by atoms with Crippen LogP contribution in [0.1, 0.15) is 249 Å². The predicted octanol–water partition coefficient (Wildman–Crippen LogP) is 20.7. The quantitative estimate of drug-likeness (QED) is 0.183. The normalized spacial score (nSPS) is 16.1. The number of anilines is 1. The average molecular weight is 1190 g/mol. The summed E-state index contributed by atoms with van der Waals surface area (Å²) in [6.45, 7) is 48.5. The molecule has 0 unspecified atom stereocenters. The Morgan fingerprint density at radius 1 is 0.457 bits per heavy atom. The zero-order valence-corrected chi connectivity index (χ0v) is 58.7. The molecular formula is C69H120N8S4. The minimum atomic E-state index is 0.544. The summed E-state index contributed by atoms with van der Waals surface area (Å²) in [6.07, 6.45) is 19.5. The van der Waals surface area contributed by atoms with Crippen molar-refractivity contribution in [3.05, 3.63) is 84.7 Å². The first kappa shape index (κ1) is 74.3. The third-order valence-electron chi connectivity index (χ3n) is 13.5. The molecule has 0 radical (unpaired) electrons. The number of nitrogens with zero attached hydrogens (tertiary/aromatic N) is 7. The number of likely N-dealkylation sites (tertiary alicyclic amines) is 2. The second-order valence-electron chi connectivity index (χ2n) is 26.0. The molecule has 0 atom stereocenters. The lowest BCUT2D eigenvalue weighted by molar-refractivity contribution is 0.185. The van der Waals surface area contributed by atoms with Gasteiger partial charge in [0.25, 0.3) is 0 Å². The third kappa shape index (κ3) is 32.9. The topological polar surface area (TPSA) is 87.3 Å². The van der Waals surface area contributed by atoms with E-state index in [2.05, 4.69) is 192 Å². The van der Waals surface area contributed by atoms with E-state index < -0.39 is 0 Å². The first-order valence-corrected chi connectivity index (χ1v) is 35.2. The molecule has 0 amide bonds. The number of hydrogen-bond donors (Lipinski definition) is 1. The highest BCUT2D eigenvalue weighted by atomic mass is 32.1. The predicted molar refractivity (Wildman–Crippen MR) is 368 cm³/mol. The van der Waals surface area contributed by atoms with Crippen molar-refractivity contribution in [1.29, 1.82) is 0 Å². The van der Waals surface area contributed by atoms with E-state index >= 15 is 0 Å². The number of para-hydroxylation sites is 2. The molecule has 460 valence electrons. The molecular weight excluding hydrogens is 1070 g/mol. The zero-order chi connectivity index (χ0) is 60.4. The molecule has 5 aliphatic rings. The number of benzene rings is 2. The van der Waals surface area contributed by atoms with Gasteiger partial charge in [-0.25, -0.2) is 19.9 Å². The van der Waals surface area contributed by atoms with Gasteiger partial charge in [0.15, 0.2) is 5.13 Å². The van der Waals surface area contributed by atoms with Gasteiger partial charge in [-0.2, -0.15) is 0 Å². The fourth-order valence-electron chi connectivity index (χ4n) is 8.91. The van der Waals surface area contributed by atoms with Crippen molar-refractivity contribution < 1.29 is 0 Å². The van der Waals surface area contributed by atoms with E-state index in [4.69, 9.17) is 5.73 Å². The van der Waals surface area contributed by atoms with Crippen LogP contribution in [0.25, 0.3) is 20.4 Å². The van der Waals surface area contributed by atoms with Crippen LogP contribution in [0.3, 0.4) is 0 Å². The number of rotatable bonds is 5. The van der Waals surface area contributed by atoms with Crippen LogP contribution in [0.15, 0.2) is 48.5 Å². The van der Waals surface area contributed by atoms with E-state index in [9.17, 15) is 0 Å². The lowest BCUT2D eigenvalue weighted by Gasteiger charge is -2.31. The number of nitrogens with two attached hydrogens (primary N) is 1. The number of piperidine rings is 1. The molecule has 3 aliphatic heterocycles. The van der Waals surface area contributed by atoms with Crippen LogP contribution in [0.2, 0.25) is 0 Å². The average Bonchev–Trinajstić information content (AvgIpc) is 4.28. The molecule has 2 aromatic carbocycles. The van der Waals surface area contributed by atoms with Crippen molar-refractivity contribution in [2.75, 3.05) is 59.1 Å². The van der Waals surface area contributed by atoms with Crippen molar-refractivity contribution in [3.63, 3.8) is 0 Å². The Balaban J connectivity index is 0.000000316. The van der Waals surface area contributed by atoms with E-state index in [0.29, 0.717) is 22.9 Å². The number of likely N-dealkylation sites (N-methyl/N-ethyl adjacent to an activating group) is 1. The van der Waals surface area contributed by atoms with Crippen LogP contribution in [0.4, 0.5) is 5.13 Å². The summed E-state index contributed by atoms with van der Waals surface area (Å²) in [5.74, 6) is 6.13. The van der Waals surface area contributed by atoms with Crippen LogP contribution in [-0.2, 0) is 25.8 Å². The van der Waals surface area contributed by atoms with E-state index in [0.717, 1.165) is 64.8 Å². The van der Waals surface area contributed by atoms with E-state index in [1.165, 1.54) is 164 Å². The van der Waals surface area contributed by atoms with Gasteiger partial charge in [-0.3, -0.25) is 0 Å². The van der Waals surface area contributed by atoms with Crippen molar-refractivity contribution in [2.45, 2.75) is 239 Å². The van der Waals surface area contributed by atoms with Crippen LogP contribution >= 0.6 is 45.3 Å². The molecule has 11 rings (SSSR count). The SMILES string of the molecule is C1CCCC1.CC(C)C.CC(C)C.CC(C)C.CC(C)C1CCN(C)CC1.CC(C)c1nc2c(s1)CCCC2.CC(C)c1nc2c(s1)CN(C)CC2.CC(C)c1nc2ccccc2s1.CCN1CCCC1.Nc1nc2ccccc2s1. The number of aryl methyl sites for hydroxylation is 2. The van der Waals surface area contributed by atoms with Gasteiger partial charge in [0.05, 0.1) is 46.8 Å². The standard InChI is InChI=1S/C10H16N2S.C10H15NS.C10H11NS.C9H19N.C7H6N2S.C6H13N.C5H10.3C4H10/c1-7(2)10-11-8-4-5-12(3)6-9(8)13-10;2*1-7(2)10-11-8-5-3-4-6-9(8)12-10;1-8(2)9-4-6-10(3)7-5-9;8-7-9-5-3-1-2-4-6(5)10-7;1-2-7-5-3-4-6-7;1-2-4-5-3-1;3*1-4(2)3/h7H,4-6H2,1-3H3;7H,3-6H2,1-2H3;3-7H,1-2H3;8-9H,4-7H2,1-3H3;1-4H,(H2,8,9);2-6H2,1H3;1-5H2;3*4H,1-3H3. The van der Waals surface area contributed by atoms with Crippen LogP contribution in [0.5, 0.6) is 0 Å². The van der Waals surface area contributed by atoms with Crippen molar-refractivity contribution >= 4 is 70.9 Å². The highest BCUT2D eigenvalue weighted by Gasteiger charge is 2.20. The van der Waals surface area contributed by atoms with Crippen molar-refractivity contribution in [1.82, 2.24) is 34.6 Å². The number of fused-ring (bicyclic) bond motifs is 4. The van der Waals surface area contributed by atoms with Crippen molar-refractivity contribution in [3.8, 4) is 0 Å². The minimum absolute atomic E-state index is 0.544. The Hall–Kier alpha value is -2.84. The number of aromatic nitrogens is 4. The zero-order valence-electron chi connectivity index (χ0n) is 55.4. The molecule has 4 aromatic heterocycles. The second-order valence-corrected chi connectivity index (χ2v) is 30.4. The summed E-state index contributed by atoms with van der Waals surface area (Å²) in [7, 11) is 4.40. The molecule has 2 aliphatic carbocycles. The van der Waals surface area contributed by atoms with Gasteiger partial charge in [-0.05, 0) is 152 Å². The highest BCUT2D eigenvalue weighted by molar-refractivity contribution is 7.22. The Morgan fingerprint density at radius 3 is 1.30 bits per heavy atom. The van der Waals surface area contributed by atoms with Crippen LogP contribution in [-0.4, -0.2) is 88.0 Å². The Labute approximate surface area is 514 Å². The van der Waals surface area contributed by atoms with E-state index in [-0.39, 0.29) is 0 Å². The van der Waals surface area contributed by atoms with Gasteiger partial charge < -0.3 is 20.4 Å². The smallest absolute Gasteiger partial charge is 0.181 e. The van der Waals surface area contributed by atoms with Crippen LogP contribution < -0.4 is 5.73 Å². The summed E-state index contributed by atoms with van der Waals surface area (Å²) in [5.41, 5.74) is 10.4. The Kier molecular flexibility index (Phi) is 38.6. The molecule has 2 saturated heterocycles. The Morgan fingerprint density at radius 2 is 0.877 bits per heavy atom. The minimum Gasteiger partial charge on any atom is -0.375 e. The number of nitrogen functional groups attached to an aromatic ring is 1. The maximum absolute atomic E-state index is 5.50. The summed E-state index contributed by atoms with van der Waals surface area (Å²) >= 11 is 7.14. The van der Waals surface area contributed by atoms with Crippen molar-refractivity contribution in [2.24, 2.45) is 29.6 Å². The largest absolute Gasteiger partial charge is 0.375 e. The lowest BCUT2D eigenvalue weighted by Crippen LogP contribution is -2.32. The first-order valence-electron chi connectivity index (χ1n) is 31.9. The fourth-order valence-corrected chi connectivity index (χ4v) is 13.0. The van der Waals surface area contributed by atoms with Gasteiger partial charge in [-0.15, -0.1) is 34.0 Å².